The number of aromatic nitrogens is 1. The average molecular weight is 326 g/mol. The SMILES string of the molecule is Cc1ncsc1CN(C)C(=O)CC1CCNC1.Cl.Cl. The predicted octanol–water partition coefficient (Wildman–Crippen LogP) is 2.25. The minimum Gasteiger partial charge on any atom is -0.341 e. The second-order valence-corrected chi connectivity index (χ2v) is 5.61. The van der Waals surface area contributed by atoms with Gasteiger partial charge in [-0.3, -0.25) is 4.79 Å². The summed E-state index contributed by atoms with van der Waals surface area (Å²) in [5, 5.41) is 3.29. The summed E-state index contributed by atoms with van der Waals surface area (Å²) in [6.07, 6.45) is 1.79. The number of thiazole rings is 1. The first kappa shape index (κ1) is 18.6. The Labute approximate surface area is 130 Å². The molecule has 1 amide bonds. The number of nitrogens with zero attached hydrogens (tertiary/aromatic N) is 2. The van der Waals surface area contributed by atoms with E-state index < -0.39 is 0 Å². The first-order valence-corrected chi connectivity index (χ1v) is 6.88. The number of nitrogens with one attached hydrogen (secondary N) is 1. The van der Waals surface area contributed by atoms with Crippen molar-refractivity contribution >= 4 is 42.1 Å². The molecule has 1 unspecified atom stereocenters. The molecule has 1 aliphatic rings. The van der Waals surface area contributed by atoms with Gasteiger partial charge in [0, 0.05) is 18.3 Å². The lowest BCUT2D eigenvalue weighted by molar-refractivity contribution is -0.131. The first-order chi connectivity index (χ1) is 8.16. The number of hydrogen-bond donors (Lipinski definition) is 1. The summed E-state index contributed by atoms with van der Waals surface area (Å²) < 4.78 is 0. The van der Waals surface area contributed by atoms with Crippen LogP contribution in [0.3, 0.4) is 0 Å². The van der Waals surface area contributed by atoms with Gasteiger partial charge in [0.1, 0.15) is 0 Å². The van der Waals surface area contributed by atoms with Crippen LogP contribution in [0.15, 0.2) is 5.51 Å². The molecule has 0 spiro atoms. The summed E-state index contributed by atoms with van der Waals surface area (Å²) in [7, 11) is 1.88. The fourth-order valence-corrected chi connectivity index (χ4v) is 2.90. The van der Waals surface area contributed by atoms with Gasteiger partial charge in [-0.2, -0.15) is 0 Å². The zero-order valence-corrected chi connectivity index (χ0v) is 13.7. The van der Waals surface area contributed by atoms with Crippen LogP contribution < -0.4 is 5.32 Å². The quantitative estimate of drug-likeness (QED) is 0.923. The van der Waals surface area contributed by atoms with Crippen molar-refractivity contribution in [3.8, 4) is 0 Å². The summed E-state index contributed by atoms with van der Waals surface area (Å²) in [5.41, 5.74) is 2.88. The van der Waals surface area contributed by atoms with Crippen molar-refractivity contribution in [3.63, 3.8) is 0 Å². The minimum absolute atomic E-state index is 0. The third-order valence-corrected chi connectivity index (χ3v) is 4.20. The van der Waals surface area contributed by atoms with Gasteiger partial charge in [0.2, 0.25) is 5.91 Å². The van der Waals surface area contributed by atoms with Crippen LogP contribution in [0.25, 0.3) is 0 Å². The standard InChI is InChI=1S/C12H19N3OS.2ClH/c1-9-11(17-8-14-9)7-15(2)12(16)5-10-3-4-13-6-10;;/h8,10,13H,3-7H2,1-2H3;2*1H. The second-order valence-electron chi connectivity index (χ2n) is 4.67. The molecule has 2 rings (SSSR count). The predicted molar refractivity (Wildman–Crippen MR) is 83.4 cm³/mol. The lowest BCUT2D eigenvalue weighted by Crippen LogP contribution is -2.28. The topological polar surface area (TPSA) is 45.2 Å². The Balaban J connectivity index is 0.00000162. The van der Waals surface area contributed by atoms with Crippen molar-refractivity contribution in [1.29, 1.82) is 0 Å². The largest absolute Gasteiger partial charge is 0.341 e. The van der Waals surface area contributed by atoms with Crippen molar-refractivity contribution in [2.45, 2.75) is 26.3 Å². The Morgan fingerprint density at radius 3 is 2.84 bits per heavy atom. The van der Waals surface area contributed by atoms with E-state index in [1.165, 1.54) is 4.88 Å². The van der Waals surface area contributed by atoms with E-state index in [4.69, 9.17) is 0 Å². The van der Waals surface area contributed by atoms with Crippen LogP contribution in [-0.4, -0.2) is 35.9 Å². The molecule has 1 aromatic heterocycles. The smallest absolute Gasteiger partial charge is 0.222 e. The van der Waals surface area contributed by atoms with Crippen molar-refractivity contribution in [2.75, 3.05) is 20.1 Å². The van der Waals surface area contributed by atoms with Crippen LogP contribution in [0, 0.1) is 12.8 Å². The normalized spacial score (nSPS) is 17.5. The highest BCUT2D eigenvalue weighted by Crippen LogP contribution is 2.17. The molecular formula is C12H21Cl2N3OS. The molecule has 0 aromatic carbocycles. The maximum Gasteiger partial charge on any atom is 0.222 e. The van der Waals surface area contributed by atoms with Crippen LogP contribution in [0.5, 0.6) is 0 Å². The van der Waals surface area contributed by atoms with E-state index in [0.717, 1.165) is 25.2 Å². The average Bonchev–Trinajstić information content (AvgIpc) is 2.91. The van der Waals surface area contributed by atoms with Crippen LogP contribution in [0.4, 0.5) is 0 Å². The van der Waals surface area contributed by atoms with Gasteiger partial charge in [-0.15, -0.1) is 36.2 Å². The lowest BCUT2D eigenvalue weighted by Gasteiger charge is -2.18. The van der Waals surface area contributed by atoms with Crippen LogP contribution in [0.1, 0.15) is 23.4 Å². The molecule has 1 aliphatic heterocycles. The van der Waals surface area contributed by atoms with Crippen LogP contribution >= 0.6 is 36.2 Å². The fraction of sp³-hybridized carbons (Fsp3) is 0.667. The van der Waals surface area contributed by atoms with Crippen molar-refractivity contribution in [1.82, 2.24) is 15.2 Å². The highest BCUT2D eigenvalue weighted by molar-refractivity contribution is 7.09. The molecule has 19 heavy (non-hydrogen) atoms. The van der Waals surface area contributed by atoms with E-state index in [9.17, 15) is 4.79 Å². The molecular weight excluding hydrogens is 305 g/mol. The number of aryl methyl sites for hydroxylation is 1. The summed E-state index contributed by atoms with van der Waals surface area (Å²) >= 11 is 1.62. The maximum atomic E-state index is 12.0. The monoisotopic (exact) mass is 325 g/mol. The third kappa shape index (κ3) is 5.26. The highest BCUT2D eigenvalue weighted by Gasteiger charge is 2.20. The van der Waals surface area contributed by atoms with E-state index in [0.29, 0.717) is 18.9 Å². The van der Waals surface area contributed by atoms with E-state index in [-0.39, 0.29) is 30.7 Å². The molecule has 0 saturated carbocycles. The Kier molecular flexibility index (Phi) is 8.57. The number of hydrogen-bond acceptors (Lipinski definition) is 4. The van der Waals surface area contributed by atoms with Gasteiger partial charge in [-0.1, -0.05) is 0 Å². The zero-order valence-electron chi connectivity index (χ0n) is 11.2. The molecule has 2 heterocycles. The van der Waals surface area contributed by atoms with Crippen LogP contribution in [0.2, 0.25) is 0 Å². The van der Waals surface area contributed by atoms with E-state index in [1.807, 2.05) is 24.4 Å². The first-order valence-electron chi connectivity index (χ1n) is 6.00. The van der Waals surface area contributed by atoms with Gasteiger partial charge in [0.05, 0.1) is 17.7 Å². The number of carbonyl (C=O) groups excluding carboxylic acids is 1. The van der Waals surface area contributed by atoms with Gasteiger partial charge in [-0.05, 0) is 32.4 Å². The third-order valence-electron chi connectivity index (χ3n) is 3.28. The van der Waals surface area contributed by atoms with Crippen LogP contribution in [-0.2, 0) is 11.3 Å². The van der Waals surface area contributed by atoms with Crippen molar-refractivity contribution in [2.24, 2.45) is 5.92 Å². The van der Waals surface area contributed by atoms with Gasteiger partial charge < -0.3 is 10.2 Å². The minimum atomic E-state index is 0. The Hall–Kier alpha value is -0.360. The molecule has 110 valence electrons. The molecule has 1 saturated heterocycles. The van der Waals surface area contributed by atoms with Gasteiger partial charge in [0.25, 0.3) is 0 Å². The summed E-state index contributed by atoms with van der Waals surface area (Å²) in [6, 6.07) is 0. The summed E-state index contributed by atoms with van der Waals surface area (Å²) in [6.45, 7) is 4.72. The second kappa shape index (κ2) is 8.74. The molecule has 4 nitrogen and oxygen atoms in total. The van der Waals surface area contributed by atoms with Crippen molar-refractivity contribution < 1.29 is 4.79 Å². The summed E-state index contributed by atoms with van der Waals surface area (Å²) in [5.74, 6) is 0.763. The Morgan fingerprint density at radius 1 is 1.58 bits per heavy atom. The molecule has 1 atom stereocenters. The Morgan fingerprint density at radius 2 is 2.32 bits per heavy atom. The highest BCUT2D eigenvalue weighted by atomic mass is 35.5. The molecule has 1 N–H and O–H groups in total. The van der Waals surface area contributed by atoms with E-state index in [2.05, 4.69) is 10.3 Å². The van der Waals surface area contributed by atoms with Gasteiger partial charge in [0.15, 0.2) is 0 Å². The fourth-order valence-electron chi connectivity index (χ4n) is 2.07. The Bertz CT molecular complexity index is 394. The van der Waals surface area contributed by atoms with E-state index in [1.54, 1.807) is 11.3 Å². The number of halogens is 2. The molecule has 7 heteroatoms. The number of rotatable bonds is 4. The number of amides is 1. The molecule has 0 bridgehead atoms. The van der Waals surface area contributed by atoms with Gasteiger partial charge in [-0.25, -0.2) is 4.98 Å². The van der Waals surface area contributed by atoms with E-state index >= 15 is 0 Å². The van der Waals surface area contributed by atoms with Crippen molar-refractivity contribution in [3.05, 3.63) is 16.1 Å². The van der Waals surface area contributed by atoms with Gasteiger partial charge >= 0.3 is 0 Å². The molecule has 1 aromatic rings. The molecule has 1 fully saturated rings. The number of carbonyl (C=O) groups is 1. The summed E-state index contributed by atoms with van der Waals surface area (Å²) in [4.78, 5) is 19.2. The molecule has 0 radical (unpaired) electrons. The molecule has 0 aliphatic carbocycles. The lowest BCUT2D eigenvalue weighted by atomic mass is 10.0. The maximum absolute atomic E-state index is 12.0. The zero-order chi connectivity index (χ0) is 12.3.